The van der Waals surface area contributed by atoms with E-state index in [2.05, 4.69) is 5.32 Å². The molecule has 2 rings (SSSR count). The highest BCUT2D eigenvalue weighted by atomic mass is 16.5. The van der Waals surface area contributed by atoms with Gasteiger partial charge in [-0.25, -0.2) is 4.79 Å². The Morgan fingerprint density at radius 2 is 2.22 bits per heavy atom. The molecule has 1 aliphatic heterocycles. The molecule has 1 aromatic rings. The Kier molecular flexibility index (Phi) is 3.72. The van der Waals surface area contributed by atoms with E-state index in [4.69, 9.17) is 9.47 Å². The second kappa shape index (κ2) is 5.27. The number of ether oxygens (including phenoxy) is 2. The molecule has 1 aliphatic rings. The summed E-state index contributed by atoms with van der Waals surface area (Å²) in [7, 11) is 2.77. The second-order valence-electron chi connectivity index (χ2n) is 4.25. The van der Waals surface area contributed by atoms with Crippen LogP contribution in [0.2, 0.25) is 0 Å². The number of benzene rings is 1. The number of carbonyl (C=O) groups excluding carboxylic acids is 1. The summed E-state index contributed by atoms with van der Waals surface area (Å²) >= 11 is 0. The molecule has 0 spiro atoms. The highest BCUT2D eigenvalue weighted by Crippen LogP contribution is 2.35. The molecular weight excluding hydrogens is 234 g/mol. The Balaban J connectivity index is 2.44. The van der Waals surface area contributed by atoms with Crippen molar-refractivity contribution in [2.75, 3.05) is 20.8 Å². The number of aromatic hydroxyl groups is 1. The molecule has 0 aliphatic carbocycles. The molecule has 2 N–H and O–H groups in total. The third-order valence-electron chi connectivity index (χ3n) is 3.19. The van der Waals surface area contributed by atoms with Crippen LogP contribution in [0.4, 0.5) is 0 Å². The molecule has 1 heterocycles. The summed E-state index contributed by atoms with van der Waals surface area (Å²) < 4.78 is 9.80. The fraction of sp³-hybridized carbons (Fsp3) is 0.462. The molecule has 0 amide bonds. The SMILES string of the molecule is COC(=O)c1cc(C2CCCN2)c(O)cc1OC. The average Bonchev–Trinajstić information content (AvgIpc) is 2.91. The Morgan fingerprint density at radius 3 is 2.78 bits per heavy atom. The van der Waals surface area contributed by atoms with Crippen LogP contribution in [-0.2, 0) is 4.74 Å². The van der Waals surface area contributed by atoms with Crippen LogP contribution in [0.5, 0.6) is 11.5 Å². The van der Waals surface area contributed by atoms with Crippen molar-refractivity contribution in [3.05, 3.63) is 23.3 Å². The summed E-state index contributed by atoms with van der Waals surface area (Å²) in [4.78, 5) is 11.7. The van der Waals surface area contributed by atoms with Crippen molar-refractivity contribution in [2.45, 2.75) is 18.9 Å². The van der Waals surface area contributed by atoms with Gasteiger partial charge in [0.2, 0.25) is 0 Å². The van der Waals surface area contributed by atoms with Gasteiger partial charge in [0.25, 0.3) is 0 Å². The maximum atomic E-state index is 11.7. The summed E-state index contributed by atoms with van der Waals surface area (Å²) in [5.41, 5.74) is 1.05. The summed E-state index contributed by atoms with van der Waals surface area (Å²) in [5, 5.41) is 13.3. The summed E-state index contributed by atoms with van der Waals surface area (Å²) in [5.74, 6) is -0.00824. The van der Waals surface area contributed by atoms with Crippen molar-refractivity contribution in [2.24, 2.45) is 0 Å². The average molecular weight is 251 g/mol. The van der Waals surface area contributed by atoms with E-state index in [1.807, 2.05) is 0 Å². The smallest absolute Gasteiger partial charge is 0.341 e. The Morgan fingerprint density at radius 1 is 1.44 bits per heavy atom. The standard InChI is InChI=1S/C13H17NO4/c1-17-12-7-11(15)8(10-4-3-5-14-10)6-9(12)13(16)18-2/h6-7,10,14-15H,3-5H2,1-2H3. The molecule has 0 saturated carbocycles. The van der Waals surface area contributed by atoms with E-state index in [9.17, 15) is 9.90 Å². The molecular formula is C13H17NO4. The number of rotatable bonds is 3. The third-order valence-corrected chi connectivity index (χ3v) is 3.19. The van der Waals surface area contributed by atoms with E-state index in [-0.39, 0.29) is 11.8 Å². The van der Waals surface area contributed by atoms with Crippen LogP contribution in [0.25, 0.3) is 0 Å². The van der Waals surface area contributed by atoms with E-state index >= 15 is 0 Å². The molecule has 1 atom stereocenters. The van der Waals surface area contributed by atoms with Gasteiger partial charge in [0.05, 0.1) is 14.2 Å². The number of hydrogen-bond donors (Lipinski definition) is 2. The number of methoxy groups -OCH3 is 2. The summed E-state index contributed by atoms with van der Waals surface area (Å²) in [6, 6.07) is 3.18. The topological polar surface area (TPSA) is 67.8 Å². The first-order chi connectivity index (χ1) is 8.67. The lowest BCUT2D eigenvalue weighted by Gasteiger charge is -2.16. The predicted octanol–water partition coefficient (Wildman–Crippen LogP) is 1.61. The van der Waals surface area contributed by atoms with Crippen LogP contribution < -0.4 is 10.1 Å². The lowest BCUT2D eigenvalue weighted by atomic mass is 10.0. The largest absolute Gasteiger partial charge is 0.507 e. The minimum Gasteiger partial charge on any atom is -0.507 e. The second-order valence-corrected chi connectivity index (χ2v) is 4.25. The Hall–Kier alpha value is -1.75. The molecule has 0 bridgehead atoms. The lowest BCUT2D eigenvalue weighted by molar-refractivity contribution is 0.0597. The number of hydrogen-bond acceptors (Lipinski definition) is 5. The zero-order valence-corrected chi connectivity index (χ0v) is 10.5. The van der Waals surface area contributed by atoms with Gasteiger partial charge in [-0.3, -0.25) is 0 Å². The van der Waals surface area contributed by atoms with Crippen LogP contribution in [0.15, 0.2) is 12.1 Å². The van der Waals surface area contributed by atoms with Gasteiger partial charge in [0, 0.05) is 17.7 Å². The lowest BCUT2D eigenvalue weighted by Crippen LogP contribution is -2.14. The van der Waals surface area contributed by atoms with Gasteiger partial charge in [-0.05, 0) is 25.5 Å². The van der Waals surface area contributed by atoms with Crippen molar-refractivity contribution in [1.82, 2.24) is 5.32 Å². The zero-order valence-electron chi connectivity index (χ0n) is 10.5. The quantitative estimate of drug-likeness (QED) is 0.799. The molecule has 1 unspecified atom stereocenters. The van der Waals surface area contributed by atoms with Crippen molar-refractivity contribution in [3.8, 4) is 11.5 Å². The molecule has 0 aromatic heterocycles. The molecule has 5 heteroatoms. The summed E-state index contributed by atoms with van der Waals surface area (Å²) in [6.45, 7) is 0.920. The van der Waals surface area contributed by atoms with Crippen LogP contribution in [-0.4, -0.2) is 31.8 Å². The molecule has 18 heavy (non-hydrogen) atoms. The molecule has 0 radical (unpaired) electrons. The monoisotopic (exact) mass is 251 g/mol. The number of phenols is 1. The maximum absolute atomic E-state index is 11.7. The van der Waals surface area contributed by atoms with E-state index < -0.39 is 5.97 Å². The van der Waals surface area contributed by atoms with Crippen LogP contribution in [0.3, 0.4) is 0 Å². The zero-order chi connectivity index (χ0) is 13.1. The van der Waals surface area contributed by atoms with E-state index in [1.165, 1.54) is 20.3 Å². The molecule has 1 saturated heterocycles. The molecule has 1 fully saturated rings. The van der Waals surface area contributed by atoms with Gasteiger partial charge in [-0.2, -0.15) is 0 Å². The first kappa shape index (κ1) is 12.7. The number of phenolic OH excluding ortho intramolecular Hbond substituents is 1. The van der Waals surface area contributed by atoms with Gasteiger partial charge in [0.15, 0.2) is 0 Å². The Bertz CT molecular complexity index is 453. The minimum absolute atomic E-state index is 0.0827. The highest BCUT2D eigenvalue weighted by molar-refractivity contribution is 5.93. The number of carbonyl (C=O) groups is 1. The predicted molar refractivity (Wildman–Crippen MR) is 66.0 cm³/mol. The first-order valence-corrected chi connectivity index (χ1v) is 5.90. The van der Waals surface area contributed by atoms with Gasteiger partial charge in [-0.15, -0.1) is 0 Å². The van der Waals surface area contributed by atoms with Crippen LogP contribution in [0, 0.1) is 0 Å². The molecule has 98 valence electrons. The van der Waals surface area contributed by atoms with Crippen LogP contribution in [0.1, 0.15) is 34.8 Å². The summed E-state index contributed by atoms with van der Waals surface area (Å²) in [6.07, 6.45) is 2.00. The van der Waals surface area contributed by atoms with Crippen molar-refractivity contribution >= 4 is 5.97 Å². The van der Waals surface area contributed by atoms with E-state index in [0.717, 1.165) is 19.4 Å². The fourth-order valence-electron chi connectivity index (χ4n) is 2.25. The van der Waals surface area contributed by atoms with Crippen molar-refractivity contribution in [1.29, 1.82) is 0 Å². The highest BCUT2D eigenvalue weighted by Gasteiger charge is 2.23. The van der Waals surface area contributed by atoms with Gasteiger partial charge in [0.1, 0.15) is 17.1 Å². The molecule has 5 nitrogen and oxygen atoms in total. The van der Waals surface area contributed by atoms with Crippen molar-refractivity contribution in [3.63, 3.8) is 0 Å². The van der Waals surface area contributed by atoms with E-state index in [1.54, 1.807) is 6.07 Å². The Labute approximate surface area is 106 Å². The number of nitrogens with one attached hydrogen (secondary N) is 1. The van der Waals surface area contributed by atoms with Crippen molar-refractivity contribution < 1.29 is 19.4 Å². The van der Waals surface area contributed by atoms with Gasteiger partial charge < -0.3 is 19.9 Å². The first-order valence-electron chi connectivity index (χ1n) is 5.90. The fourth-order valence-corrected chi connectivity index (χ4v) is 2.25. The minimum atomic E-state index is -0.467. The third kappa shape index (κ3) is 2.26. The van der Waals surface area contributed by atoms with E-state index in [0.29, 0.717) is 16.9 Å². The normalized spacial score (nSPS) is 18.7. The molecule has 1 aromatic carbocycles. The maximum Gasteiger partial charge on any atom is 0.341 e. The van der Waals surface area contributed by atoms with Gasteiger partial charge >= 0.3 is 5.97 Å². The number of esters is 1. The van der Waals surface area contributed by atoms with Crippen LogP contribution >= 0.6 is 0 Å². The van der Waals surface area contributed by atoms with Gasteiger partial charge in [-0.1, -0.05) is 0 Å².